The number of nitrogens with one attached hydrogen (secondary N) is 1. The molecule has 0 spiro atoms. The van der Waals surface area contributed by atoms with Crippen molar-refractivity contribution in [2.24, 2.45) is 4.99 Å². The van der Waals surface area contributed by atoms with Crippen LogP contribution in [0.3, 0.4) is 0 Å². The van der Waals surface area contributed by atoms with E-state index in [1.807, 2.05) is 19.1 Å². The normalized spacial score (nSPS) is 11.0. The number of aromatic nitrogens is 2. The molecule has 0 fully saturated rings. The molecule has 26 heavy (non-hydrogen) atoms. The highest BCUT2D eigenvalue weighted by Gasteiger charge is 2.14. The van der Waals surface area contributed by atoms with Crippen LogP contribution in [0.4, 0.5) is 5.69 Å². The number of aromatic hydroxyl groups is 1. The summed E-state index contributed by atoms with van der Waals surface area (Å²) < 4.78 is 6.12. The van der Waals surface area contributed by atoms with Gasteiger partial charge in [-0.1, -0.05) is 23.8 Å². The van der Waals surface area contributed by atoms with Crippen molar-refractivity contribution in [3.63, 3.8) is 0 Å². The molecule has 0 saturated carbocycles. The van der Waals surface area contributed by atoms with Gasteiger partial charge in [0.25, 0.3) is 5.56 Å². The Morgan fingerprint density at radius 3 is 2.58 bits per heavy atom. The minimum atomic E-state index is -0.756. The van der Waals surface area contributed by atoms with E-state index in [0.29, 0.717) is 17.1 Å². The Morgan fingerprint density at radius 2 is 1.88 bits per heavy atom. The predicted molar refractivity (Wildman–Crippen MR) is 99.3 cm³/mol. The van der Waals surface area contributed by atoms with Gasteiger partial charge in [0.2, 0.25) is 5.88 Å². The molecule has 2 N–H and O–H groups in total. The molecule has 0 amide bonds. The number of rotatable bonds is 4. The molecular formula is C19H17N3O4. The van der Waals surface area contributed by atoms with Crippen molar-refractivity contribution in [3.8, 4) is 17.3 Å². The molecule has 1 aromatic heterocycles. The second kappa shape index (κ2) is 7.10. The molecule has 2 aromatic carbocycles. The van der Waals surface area contributed by atoms with E-state index in [9.17, 15) is 14.7 Å². The first-order valence-corrected chi connectivity index (χ1v) is 7.83. The smallest absolute Gasteiger partial charge is 0.335 e. The van der Waals surface area contributed by atoms with E-state index in [4.69, 9.17) is 4.74 Å². The molecule has 0 atom stereocenters. The van der Waals surface area contributed by atoms with Gasteiger partial charge in [-0.15, -0.1) is 0 Å². The number of benzene rings is 2. The molecule has 3 rings (SSSR count). The van der Waals surface area contributed by atoms with E-state index in [0.717, 1.165) is 10.1 Å². The van der Waals surface area contributed by atoms with Crippen molar-refractivity contribution in [2.45, 2.75) is 6.92 Å². The summed E-state index contributed by atoms with van der Waals surface area (Å²) in [4.78, 5) is 30.7. The number of aromatic amines is 1. The standard InChI is InChI=1S/C19H17N3O4/c1-12-6-8-13(9-7-12)20-11-16-17(23)21-19(25)22(18(16)24)14-4-3-5-15(10-14)26-2/h3-11,24H,1-2H3,(H,21,23,25). The Kier molecular flexibility index (Phi) is 4.70. The van der Waals surface area contributed by atoms with Crippen LogP contribution in [0.15, 0.2) is 63.1 Å². The molecule has 0 aliphatic heterocycles. The zero-order valence-electron chi connectivity index (χ0n) is 14.3. The lowest BCUT2D eigenvalue weighted by atomic mass is 10.2. The van der Waals surface area contributed by atoms with Crippen LogP contribution < -0.4 is 16.0 Å². The number of ether oxygens (including phenoxy) is 1. The molecule has 132 valence electrons. The van der Waals surface area contributed by atoms with Crippen LogP contribution in [0, 0.1) is 6.92 Å². The van der Waals surface area contributed by atoms with Gasteiger partial charge in [0.15, 0.2) is 0 Å². The van der Waals surface area contributed by atoms with E-state index in [-0.39, 0.29) is 5.56 Å². The highest BCUT2D eigenvalue weighted by Crippen LogP contribution is 2.20. The van der Waals surface area contributed by atoms with E-state index >= 15 is 0 Å². The van der Waals surface area contributed by atoms with Crippen molar-refractivity contribution in [1.82, 2.24) is 9.55 Å². The molecule has 7 nitrogen and oxygen atoms in total. The summed E-state index contributed by atoms with van der Waals surface area (Å²) in [5.74, 6) is 0.0118. The molecule has 7 heteroatoms. The largest absolute Gasteiger partial charge is 0.497 e. The monoisotopic (exact) mass is 351 g/mol. The summed E-state index contributed by atoms with van der Waals surface area (Å²) >= 11 is 0. The third-order valence-electron chi connectivity index (χ3n) is 3.81. The fraction of sp³-hybridized carbons (Fsp3) is 0.105. The Hall–Kier alpha value is -3.61. The van der Waals surface area contributed by atoms with Crippen molar-refractivity contribution < 1.29 is 9.84 Å². The summed E-state index contributed by atoms with van der Waals surface area (Å²) in [7, 11) is 1.49. The van der Waals surface area contributed by atoms with Gasteiger partial charge in [0.1, 0.15) is 11.3 Å². The highest BCUT2D eigenvalue weighted by atomic mass is 16.5. The van der Waals surface area contributed by atoms with Crippen LogP contribution in [0.2, 0.25) is 0 Å². The minimum Gasteiger partial charge on any atom is -0.497 e. The van der Waals surface area contributed by atoms with Gasteiger partial charge in [-0.25, -0.2) is 9.36 Å². The third-order valence-corrected chi connectivity index (χ3v) is 3.81. The average Bonchev–Trinajstić information content (AvgIpc) is 2.63. The van der Waals surface area contributed by atoms with E-state index in [2.05, 4.69) is 9.98 Å². The predicted octanol–water partition coefficient (Wildman–Crippen LogP) is 2.30. The summed E-state index contributed by atoms with van der Waals surface area (Å²) in [6.45, 7) is 1.95. The maximum absolute atomic E-state index is 12.2. The number of methoxy groups -OCH3 is 1. The molecule has 3 aromatic rings. The topological polar surface area (TPSA) is 96.7 Å². The maximum Gasteiger partial charge on any atom is 0.335 e. The van der Waals surface area contributed by atoms with Crippen LogP contribution in [-0.4, -0.2) is 28.0 Å². The van der Waals surface area contributed by atoms with Crippen LogP contribution >= 0.6 is 0 Å². The Balaban J connectivity index is 2.11. The first kappa shape index (κ1) is 17.2. The summed E-state index contributed by atoms with van der Waals surface area (Å²) in [5, 5.41) is 10.5. The number of hydrogen-bond donors (Lipinski definition) is 2. The molecule has 0 bridgehead atoms. The molecule has 0 radical (unpaired) electrons. The first-order valence-electron chi connectivity index (χ1n) is 7.83. The first-order chi connectivity index (χ1) is 12.5. The zero-order chi connectivity index (χ0) is 18.7. The zero-order valence-corrected chi connectivity index (χ0v) is 14.3. The third kappa shape index (κ3) is 3.41. The van der Waals surface area contributed by atoms with Crippen LogP contribution in [-0.2, 0) is 0 Å². The van der Waals surface area contributed by atoms with Crippen LogP contribution in [0.1, 0.15) is 11.1 Å². The quantitative estimate of drug-likeness (QED) is 0.705. The van der Waals surface area contributed by atoms with Gasteiger partial charge in [-0.05, 0) is 31.2 Å². The second-order valence-electron chi connectivity index (χ2n) is 5.63. The Labute approximate surface area is 148 Å². The van der Waals surface area contributed by atoms with E-state index < -0.39 is 17.1 Å². The van der Waals surface area contributed by atoms with Gasteiger partial charge in [0, 0.05) is 12.3 Å². The summed E-state index contributed by atoms with van der Waals surface area (Å²) in [5.41, 5.74) is 0.460. The number of aliphatic imine (C=N–C) groups is 1. The van der Waals surface area contributed by atoms with Gasteiger partial charge < -0.3 is 9.84 Å². The Bertz CT molecular complexity index is 1080. The number of H-pyrrole nitrogens is 1. The fourth-order valence-corrected chi connectivity index (χ4v) is 2.41. The molecule has 1 heterocycles. The lowest BCUT2D eigenvalue weighted by molar-refractivity contribution is 0.412. The molecule has 0 aliphatic rings. The average molecular weight is 351 g/mol. The molecule has 0 unspecified atom stereocenters. The Morgan fingerprint density at radius 1 is 1.15 bits per heavy atom. The van der Waals surface area contributed by atoms with Gasteiger partial charge >= 0.3 is 5.69 Å². The number of hydrogen-bond acceptors (Lipinski definition) is 5. The summed E-state index contributed by atoms with van der Waals surface area (Å²) in [6, 6.07) is 13.9. The maximum atomic E-state index is 12.2. The van der Waals surface area contributed by atoms with Gasteiger partial charge in [-0.3, -0.25) is 14.8 Å². The highest BCUT2D eigenvalue weighted by molar-refractivity contribution is 5.84. The van der Waals surface area contributed by atoms with Gasteiger partial charge in [-0.2, -0.15) is 0 Å². The van der Waals surface area contributed by atoms with Crippen molar-refractivity contribution in [2.75, 3.05) is 7.11 Å². The number of nitrogens with zero attached hydrogens (tertiary/aromatic N) is 2. The molecule has 0 saturated heterocycles. The lowest BCUT2D eigenvalue weighted by Gasteiger charge is -2.10. The van der Waals surface area contributed by atoms with Gasteiger partial charge in [0.05, 0.1) is 18.5 Å². The fourth-order valence-electron chi connectivity index (χ4n) is 2.41. The van der Waals surface area contributed by atoms with Crippen molar-refractivity contribution >= 4 is 11.9 Å². The second-order valence-corrected chi connectivity index (χ2v) is 5.63. The lowest BCUT2D eigenvalue weighted by Crippen LogP contribution is -2.31. The van der Waals surface area contributed by atoms with E-state index in [1.54, 1.807) is 36.4 Å². The molecule has 0 aliphatic carbocycles. The number of aryl methyl sites for hydroxylation is 1. The SMILES string of the molecule is COc1cccc(-n2c(O)c(C=Nc3ccc(C)cc3)c(=O)[nH]c2=O)c1. The van der Waals surface area contributed by atoms with E-state index in [1.165, 1.54) is 13.3 Å². The summed E-state index contributed by atoms with van der Waals surface area (Å²) in [6.07, 6.45) is 1.23. The van der Waals surface area contributed by atoms with Crippen molar-refractivity contribution in [1.29, 1.82) is 0 Å². The van der Waals surface area contributed by atoms with Crippen LogP contribution in [0.25, 0.3) is 5.69 Å². The molecular weight excluding hydrogens is 334 g/mol. The van der Waals surface area contributed by atoms with Crippen LogP contribution in [0.5, 0.6) is 11.6 Å². The minimum absolute atomic E-state index is 0.118. The van der Waals surface area contributed by atoms with Crippen molar-refractivity contribution in [3.05, 3.63) is 80.5 Å².